The predicted octanol–water partition coefficient (Wildman–Crippen LogP) is 2.58. The lowest BCUT2D eigenvalue weighted by Gasteiger charge is -2.15. The predicted molar refractivity (Wildman–Crippen MR) is 134 cm³/mol. The van der Waals surface area contributed by atoms with Gasteiger partial charge in [0.15, 0.2) is 0 Å². The summed E-state index contributed by atoms with van der Waals surface area (Å²) in [7, 11) is -3.72. The molecular weight excluding hydrogens is 450 g/mol. The van der Waals surface area contributed by atoms with Gasteiger partial charge in [-0.2, -0.15) is 0 Å². The van der Waals surface area contributed by atoms with Crippen LogP contribution in [0.25, 0.3) is 22.3 Å². The number of likely N-dealkylation sites (tertiary alicyclic amines) is 1. The third-order valence-electron chi connectivity index (χ3n) is 5.99. The van der Waals surface area contributed by atoms with Crippen molar-refractivity contribution in [1.82, 2.24) is 15.2 Å². The Hall–Kier alpha value is -3.24. The highest BCUT2D eigenvalue weighted by molar-refractivity contribution is 7.89. The molecule has 1 heterocycles. The van der Waals surface area contributed by atoms with Gasteiger partial charge in [-0.05, 0) is 66.9 Å². The highest BCUT2D eigenvalue weighted by Crippen LogP contribution is 2.34. The van der Waals surface area contributed by atoms with E-state index < -0.39 is 15.9 Å². The minimum atomic E-state index is -3.72. The van der Waals surface area contributed by atoms with E-state index in [2.05, 4.69) is 15.2 Å². The first-order valence-corrected chi connectivity index (χ1v) is 12.7. The molecular formula is C25H29N5O3S. The third kappa shape index (κ3) is 5.45. The Labute approximate surface area is 200 Å². The number of amides is 1. The van der Waals surface area contributed by atoms with Gasteiger partial charge in [0.1, 0.15) is 0 Å². The van der Waals surface area contributed by atoms with Crippen molar-refractivity contribution in [2.45, 2.75) is 17.7 Å². The Morgan fingerprint density at radius 3 is 2.24 bits per heavy atom. The average molecular weight is 480 g/mol. The number of rotatable bonds is 9. The lowest BCUT2D eigenvalue weighted by atomic mass is 9.94. The number of sulfonamides is 1. The van der Waals surface area contributed by atoms with E-state index in [0.29, 0.717) is 17.7 Å². The SMILES string of the molecule is NC(=O)c1cc(-c2ccccc2)cc(-c2ccc(S(=O)(=O)NNCCN3CCCC3)cc2)c1N. The summed E-state index contributed by atoms with van der Waals surface area (Å²) in [6.45, 7) is 3.43. The van der Waals surface area contributed by atoms with Crippen LogP contribution < -0.4 is 21.7 Å². The van der Waals surface area contributed by atoms with E-state index in [-0.39, 0.29) is 16.1 Å². The van der Waals surface area contributed by atoms with Gasteiger partial charge in [0.25, 0.3) is 15.9 Å². The number of primary amides is 1. The first-order chi connectivity index (χ1) is 16.3. The molecule has 1 aliphatic rings. The second-order valence-corrected chi connectivity index (χ2v) is 10.0. The van der Waals surface area contributed by atoms with Gasteiger partial charge in [-0.25, -0.2) is 13.8 Å². The monoisotopic (exact) mass is 479 g/mol. The van der Waals surface area contributed by atoms with Crippen LogP contribution in [-0.2, 0) is 10.0 Å². The smallest absolute Gasteiger partial charge is 0.253 e. The molecule has 8 nitrogen and oxygen atoms in total. The maximum atomic E-state index is 12.7. The molecule has 0 unspecified atom stereocenters. The van der Waals surface area contributed by atoms with Gasteiger partial charge in [-0.1, -0.05) is 42.5 Å². The minimum absolute atomic E-state index is 0.123. The molecule has 0 atom stereocenters. The summed E-state index contributed by atoms with van der Waals surface area (Å²) in [5.74, 6) is -0.625. The molecule has 1 saturated heterocycles. The van der Waals surface area contributed by atoms with Gasteiger partial charge in [-0.15, -0.1) is 4.83 Å². The first kappa shape index (κ1) is 23.9. The molecule has 3 aromatic carbocycles. The van der Waals surface area contributed by atoms with Gasteiger partial charge in [0.2, 0.25) is 0 Å². The standard InChI is InChI=1S/C25H29N5O3S/c26-24-22(16-20(17-23(24)25(27)31)18-6-2-1-3-7-18)19-8-10-21(11-9-19)34(32,33)29-28-12-15-30-13-4-5-14-30/h1-3,6-11,16-17,28-29H,4-5,12-15,26H2,(H2,27,31). The third-order valence-corrected chi connectivity index (χ3v) is 7.29. The second-order valence-electron chi connectivity index (χ2n) is 8.32. The van der Waals surface area contributed by atoms with Crippen LogP contribution in [0.3, 0.4) is 0 Å². The van der Waals surface area contributed by atoms with Crippen LogP contribution in [0, 0.1) is 0 Å². The van der Waals surface area contributed by atoms with Gasteiger partial charge < -0.3 is 16.4 Å². The highest BCUT2D eigenvalue weighted by atomic mass is 32.2. The summed E-state index contributed by atoms with van der Waals surface area (Å²) < 4.78 is 25.3. The largest absolute Gasteiger partial charge is 0.398 e. The van der Waals surface area contributed by atoms with Gasteiger partial charge in [-0.3, -0.25) is 4.79 Å². The Morgan fingerprint density at radius 1 is 0.912 bits per heavy atom. The fourth-order valence-corrected chi connectivity index (χ4v) is 5.04. The molecule has 0 aliphatic carbocycles. The van der Waals surface area contributed by atoms with E-state index in [1.807, 2.05) is 36.4 Å². The molecule has 0 saturated carbocycles. The normalized spacial score (nSPS) is 14.4. The molecule has 34 heavy (non-hydrogen) atoms. The topological polar surface area (TPSA) is 131 Å². The number of hydrazine groups is 1. The number of hydrogen-bond donors (Lipinski definition) is 4. The zero-order valence-electron chi connectivity index (χ0n) is 18.8. The molecule has 1 aliphatic heterocycles. The lowest BCUT2D eigenvalue weighted by Crippen LogP contribution is -2.41. The number of hydrogen-bond acceptors (Lipinski definition) is 6. The number of anilines is 1. The van der Waals surface area contributed by atoms with Crippen molar-refractivity contribution in [1.29, 1.82) is 0 Å². The van der Waals surface area contributed by atoms with Crippen molar-refractivity contribution in [3.05, 3.63) is 72.3 Å². The molecule has 6 N–H and O–H groups in total. The number of nitrogen functional groups attached to an aromatic ring is 1. The van der Waals surface area contributed by atoms with Gasteiger partial charge in [0.05, 0.1) is 16.1 Å². The van der Waals surface area contributed by atoms with Crippen molar-refractivity contribution in [2.24, 2.45) is 5.73 Å². The number of nitrogens with two attached hydrogens (primary N) is 2. The fraction of sp³-hybridized carbons (Fsp3) is 0.240. The summed E-state index contributed by atoms with van der Waals surface area (Å²) in [6.07, 6.45) is 2.38. The minimum Gasteiger partial charge on any atom is -0.398 e. The second kappa shape index (κ2) is 10.4. The van der Waals surface area contributed by atoms with Crippen LogP contribution in [-0.4, -0.2) is 45.4 Å². The number of benzene rings is 3. The molecule has 0 radical (unpaired) electrons. The van der Waals surface area contributed by atoms with Crippen LogP contribution in [0.4, 0.5) is 5.69 Å². The van der Waals surface area contributed by atoms with E-state index >= 15 is 0 Å². The maximum Gasteiger partial charge on any atom is 0.253 e. The number of nitrogens with zero attached hydrogens (tertiary/aromatic N) is 1. The number of carbonyl (C=O) groups is 1. The summed E-state index contributed by atoms with van der Waals surface area (Å²) >= 11 is 0. The molecule has 4 rings (SSSR count). The van der Waals surface area contributed by atoms with Crippen LogP contribution in [0.15, 0.2) is 71.6 Å². The molecule has 1 fully saturated rings. The van der Waals surface area contributed by atoms with Crippen LogP contribution >= 0.6 is 0 Å². The quantitative estimate of drug-likeness (QED) is 0.212. The molecule has 9 heteroatoms. The zero-order valence-corrected chi connectivity index (χ0v) is 19.6. The number of nitrogens with one attached hydrogen (secondary N) is 2. The Balaban J connectivity index is 1.54. The van der Waals surface area contributed by atoms with E-state index in [4.69, 9.17) is 11.5 Å². The Bertz CT molecular complexity index is 1260. The van der Waals surface area contributed by atoms with E-state index in [9.17, 15) is 13.2 Å². The summed E-state index contributed by atoms with van der Waals surface area (Å²) in [5, 5.41) is 0. The Morgan fingerprint density at radius 2 is 1.59 bits per heavy atom. The lowest BCUT2D eigenvalue weighted by molar-refractivity contribution is 0.100. The molecule has 0 aromatic heterocycles. The molecule has 0 bridgehead atoms. The van der Waals surface area contributed by atoms with Crippen LogP contribution in [0.5, 0.6) is 0 Å². The molecule has 1 amide bonds. The Kier molecular flexibility index (Phi) is 7.28. The van der Waals surface area contributed by atoms with Crippen molar-refractivity contribution in [2.75, 3.05) is 31.9 Å². The zero-order chi connectivity index (χ0) is 24.1. The van der Waals surface area contributed by atoms with Crippen molar-refractivity contribution >= 4 is 21.6 Å². The van der Waals surface area contributed by atoms with Gasteiger partial charge >= 0.3 is 0 Å². The number of carbonyl (C=O) groups excluding carboxylic acids is 1. The molecule has 0 spiro atoms. The van der Waals surface area contributed by atoms with Crippen molar-refractivity contribution < 1.29 is 13.2 Å². The molecule has 178 valence electrons. The van der Waals surface area contributed by atoms with Crippen molar-refractivity contribution in [3.8, 4) is 22.3 Å². The van der Waals surface area contributed by atoms with Crippen LogP contribution in [0.1, 0.15) is 23.2 Å². The van der Waals surface area contributed by atoms with Gasteiger partial charge in [0, 0.05) is 18.7 Å². The van der Waals surface area contributed by atoms with Crippen molar-refractivity contribution in [3.63, 3.8) is 0 Å². The molecule has 3 aromatic rings. The maximum absolute atomic E-state index is 12.7. The fourth-order valence-electron chi connectivity index (χ4n) is 4.13. The van der Waals surface area contributed by atoms with E-state index in [0.717, 1.165) is 30.8 Å². The van der Waals surface area contributed by atoms with E-state index in [1.54, 1.807) is 18.2 Å². The van der Waals surface area contributed by atoms with E-state index in [1.165, 1.54) is 25.0 Å². The summed E-state index contributed by atoms with van der Waals surface area (Å²) in [4.78, 5) is 16.9. The summed E-state index contributed by atoms with van der Waals surface area (Å²) in [6, 6.07) is 19.5. The van der Waals surface area contributed by atoms with Crippen LogP contribution in [0.2, 0.25) is 0 Å². The average Bonchev–Trinajstić information content (AvgIpc) is 3.36. The highest BCUT2D eigenvalue weighted by Gasteiger charge is 2.18. The summed E-state index contributed by atoms with van der Waals surface area (Å²) in [5.41, 5.74) is 18.1. The first-order valence-electron chi connectivity index (χ1n) is 11.2.